The summed E-state index contributed by atoms with van der Waals surface area (Å²) in [5, 5.41) is 5.24. The number of hydrogen-bond acceptors (Lipinski definition) is 1. The second-order valence-corrected chi connectivity index (χ2v) is 3.84. The van der Waals surface area contributed by atoms with Gasteiger partial charge < -0.3 is 0 Å². The van der Waals surface area contributed by atoms with E-state index in [1.165, 1.54) is 0 Å². The maximum Gasteiger partial charge on any atom is 0.249 e. The molecule has 1 aliphatic rings. The van der Waals surface area contributed by atoms with E-state index in [9.17, 15) is 4.79 Å². The highest BCUT2D eigenvalue weighted by Gasteiger charge is 2.12. The Morgan fingerprint density at radius 1 is 1.18 bits per heavy atom. The minimum absolute atomic E-state index is 0.425. The molecule has 3 rings (SSSR count). The van der Waals surface area contributed by atoms with Crippen molar-refractivity contribution in [2.24, 2.45) is 5.11 Å². The first-order valence-corrected chi connectivity index (χ1v) is 5.14. The second kappa shape index (κ2) is 3.47. The number of benzene rings is 2. The van der Waals surface area contributed by atoms with Gasteiger partial charge in [-0.1, -0.05) is 30.4 Å². The largest absolute Gasteiger partial charge is 0.287 e. The van der Waals surface area contributed by atoms with E-state index in [2.05, 4.69) is 10.0 Å². The van der Waals surface area contributed by atoms with E-state index in [-0.39, 0.29) is 0 Å². The van der Waals surface area contributed by atoms with Crippen LogP contribution in [-0.2, 0) is 0 Å². The molecule has 4 nitrogen and oxygen atoms in total. The normalized spacial score (nSPS) is 11.5. The minimum atomic E-state index is -0.545. The highest BCUT2D eigenvalue weighted by atomic mass is 16.1. The number of carbonyl (C=O) groups excluding carboxylic acids is 1. The molecule has 17 heavy (non-hydrogen) atoms. The SMILES string of the molecule is [N-]=[N+]=NC(=O)c1cc2c3c(cccc3c1)C=C2. The zero-order valence-corrected chi connectivity index (χ0v) is 8.79. The molecule has 0 N–H and O–H groups in total. The first-order chi connectivity index (χ1) is 8.29. The summed E-state index contributed by atoms with van der Waals surface area (Å²) in [6.45, 7) is 0. The van der Waals surface area contributed by atoms with Crippen molar-refractivity contribution in [2.45, 2.75) is 0 Å². The van der Waals surface area contributed by atoms with Crippen LogP contribution in [0.1, 0.15) is 21.5 Å². The highest BCUT2D eigenvalue weighted by molar-refractivity contribution is 6.08. The Kier molecular flexibility index (Phi) is 1.97. The minimum Gasteiger partial charge on any atom is -0.287 e. The lowest BCUT2D eigenvalue weighted by Crippen LogP contribution is -1.94. The molecule has 0 spiro atoms. The molecule has 0 atom stereocenters. The summed E-state index contributed by atoms with van der Waals surface area (Å²) in [6.07, 6.45) is 3.98. The fourth-order valence-electron chi connectivity index (χ4n) is 2.16. The third kappa shape index (κ3) is 1.40. The van der Waals surface area contributed by atoms with Crippen LogP contribution in [0.4, 0.5) is 0 Å². The van der Waals surface area contributed by atoms with Crippen LogP contribution in [0.3, 0.4) is 0 Å². The monoisotopic (exact) mass is 221 g/mol. The van der Waals surface area contributed by atoms with Gasteiger partial charge in [0.05, 0.1) is 0 Å². The van der Waals surface area contributed by atoms with Crippen LogP contribution in [0.25, 0.3) is 33.4 Å². The number of nitrogens with zero attached hydrogens (tertiary/aromatic N) is 3. The van der Waals surface area contributed by atoms with E-state index in [1.807, 2.05) is 30.4 Å². The molecule has 0 fully saturated rings. The number of amides is 1. The van der Waals surface area contributed by atoms with E-state index in [0.717, 1.165) is 21.9 Å². The van der Waals surface area contributed by atoms with Gasteiger partial charge in [-0.05, 0) is 44.7 Å². The predicted molar refractivity (Wildman–Crippen MR) is 66.4 cm³/mol. The van der Waals surface area contributed by atoms with Crippen LogP contribution in [0.5, 0.6) is 0 Å². The Hall–Kier alpha value is -2.58. The van der Waals surface area contributed by atoms with Crippen molar-refractivity contribution >= 4 is 28.8 Å². The molecule has 0 saturated heterocycles. The fraction of sp³-hybridized carbons (Fsp3) is 0. The molecule has 1 amide bonds. The zero-order chi connectivity index (χ0) is 11.8. The summed E-state index contributed by atoms with van der Waals surface area (Å²) >= 11 is 0. The summed E-state index contributed by atoms with van der Waals surface area (Å²) in [5.74, 6) is -0.545. The van der Waals surface area contributed by atoms with Gasteiger partial charge in [-0.15, -0.1) is 0 Å². The van der Waals surface area contributed by atoms with Crippen molar-refractivity contribution in [3.63, 3.8) is 0 Å². The maximum absolute atomic E-state index is 11.5. The van der Waals surface area contributed by atoms with Gasteiger partial charge in [0.25, 0.3) is 0 Å². The molecule has 2 aromatic carbocycles. The molecule has 0 heterocycles. The van der Waals surface area contributed by atoms with E-state index in [1.54, 1.807) is 12.1 Å². The van der Waals surface area contributed by atoms with Gasteiger partial charge in [-0.3, -0.25) is 4.79 Å². The van der Waals surface area contributed by atoms with Gasteiger partial charge >= 0.3 is 0 Å². The molecule has 0 aliphatic heterocycles. The van der Waals surface area contributed by atoms with Gasteiger partial charge in [0.2, 0.25) is 5.91 Å². The molecular formula is C13H7N3O. The lowest BCUT2D eigenvalue weighted by atomic mass is 10.0. The summed E-state index contributed by atoms with van der Waals surface area (Å²) < 4.78 is 0. The zero-order valence-electron chi connectivity index (χ0n) is 8.79. The molecule has 0 unspecified atom stereocenters. The Labute approximate surface area is 96.8 Å². The average molecular weight is 221 g/mol. The third-order valence-corrected chi connectivity index (χ3v) is 2.86. The van der Waals surface area contributed by atoms with Gasteiger partial charge in [0.1, 0.15) is 0 Å². The quantitative estimate of drug-likeness (QED) is 0.350. The lowest BCUT2D eigenvalue weighted by molar-refractivity contribution is 0.100. The van der Waals surface area contributed by atoms with Crippen molar-refractivity contribution < 1.29 is 4.79 Å². The maximum atomic E-state index is 11.5. The molecule has 0 radical (unpaired) electrons. The smallest absolute Gasteiger partial charge is 0.249 e. The van der Waals surface area contributed by atoms with Gasteiger partial charge in [0, 0.05) is 10.5 Å². The molecule has 0 aromatic heterocycles. The Morgan fingerprint density at radius 2 is 2.00 bits per heavy atom. The van der Waals surface area contributed by atoms with Crippen LogP contribution in [0.2, 0.25) is 0 Å². The summed E-state index contributed by atoms with van der Waals surface area (Å²) in [5.41, 5.74) is 10.8. The Bertz CT molecular complexity index is 725. The fourth-order valence-corrected chi connectivity index (χ4v) is 2.16. The molecular weight excluding hydrogens is 214 g/mol. The number of rotatable bonds is 1. The Balaban J connectivity index is 2.31. The Morgan fingerprint density at radius 3 is 2.82 bits per heavy atom. The van der Waals surface area contributed by atoms with Crippen LogP contribution >= 0.6 is 0 Å². The van der Waals surface area contributed by atoms with Crippen LogP contribution in [0.15, 0.2) is 35.4 Å². The van der Waals surface area contributed by atoms with Crippen LogP contribution in [-0.4, -0.2) is 5.91 Å². The topological polar surface area (TPSA) is 65.8 Å². The predicted octanol–water partition coefficient (Wildman–Crippen LogP) is 3.77. The molecule has 80 valence electrons. The van der Waals surface area contributed by atoms with E-state index >= 15 is 0 Å². The van der Waals surface area contributed by atoms with Crippen LogP contribution in [0, 0.1) is 0 Å². The standard InChI is InChI=1S/C13H7N3O/c14-16-15-13(17)11-6-9-3-1-2-8-4-5-10(7-11)12(8)9/h1-7H. The van der Waals surface area contributed by atoms with Gasteiger partial charge in [-0.2, -0.15) is 0 Å². The number of azide groups is 1. The highest BCUT2D eigenvalue weighted by Crippen LogP contribution is 2.32. The van der Waals surface area contributed by atoms with Crippen molar-refractivity contribution in [3.05, 3.63) is 57.5 Å². The summed E-state index contributed by atoms with van der Waals surface area (Å²) in [7, 11) is 0. The van der Waals surface area contributed by atoms with Crippen molar-refractivity contribution in [1.29, 1.82) is 0 Å². The second-order valence-electron chi connectivity index (χ2n) is 3.84. The average Bonchev–Trinajstić information content (AvgIpc) is 2.75. The number of carbonyl (C=O) groups is 1. The van der Waals surface area contributed by atoms with Gasteiger partial charge in [0.15, 0.2) is 0 Å². The summed E-state index contributed by atoms with van der Waals surface area (Å²) in [6, 6.07) is 9.43. The molecule has 4 heteroatoms. The van der Waals surface area contributed by atoms with E-state index in [0.29, 0.717) is 5.56 Å². The van der Waals surface area contributed by atoms with Crippen molar-refractivity contribution in [3.8, 4) is 0 Å². The van der Waals surface area contributed by atoms with Crippen molar-refractivity contribution in [2.75, 3.05) is 0 Å². The van der Waals surface area contributed by atoms with Crippen LogP contribution < -0.4 is 0 Å². The molecule has 0 saturated carbocycles. The first-order valence-electron chi connectivity index (χ1n) is 5.14. The molecule has 0 bridgehead atoms. The number of hydrogen-bond donors (Lipinski definition) is 0. The lowest BCUT2D eigenvalue weighted by Gasteiger charge is -2.04. The third-order valence-electron chi connectivity index (χ3n) is 2.86. The van der Waals surface area contributed by atoms with E-state index in [4.69, 9.17) is 5.53 Å². The summed E-state index contributed by atoms with van der Waals surface area (Å²) in [4.78, 5) is 14.0. The first kappa shape index (κ1) is 9.63. The van der Waals surface area contributed by atoms with E-state index < -0.39 is 5.91 Å². The van der Waals surface area contributed by atoms with Gasteiger partial charge in [-0.25, -0.2) is 0 Å². The molecule has 1 aliphatic carbocycles. The van der Waals surface area contributed by atoms with Crippen molar-refractivity contribution in [1.82, 2.24) is 0 Å². The molecule has 2 aromatic rings.